The van der Waals surface area contributed by atoms with E-state index in [1.807, 2.05) is 0 Å². The van der Waals surface area contributed by atoms with Gasteiger partial charge in [0.05, 0.1) is 13.1 Å². The van der Waals surface area contributed by atoms with E-state index in [1.165, 1.54) is 95.0 Å². The van der Waals surface area contributed by atoms with Gasteiger partial charge in [-0.3, -0.25) is 0 Å². The molecule has 2 rings (SSSR count). The lowest BCUT2D eigenvalue weighted by molar-refractivity contribution is -0.704. The summed E-state index contributed by atoms with van der Waals surface area (Å²) in [7, 11) is 0. The van der Waals surface area contributed by atoms with Crippen LogP contribution >= 0.6 is 0 Å². The summed E-state index contributed by atoms with van der Waals surface area (Å²) in [6, 6.07) is 10.9. The fourth-order valence-electron chi connectivity index (χ4n) is 3.86. The molecule has 1 heterocycles. The van der Waals surface area contributed by atoms with Crippen molar-refractivity contribution in [1.82, 2.24) is 4.57 Å². The van der Waals surface area contributed by atoms with E-state index < -0.39 is 0 Å². The van der Waals surface area contributed by atoms with Gasteiger partial charge in [-0.15, -0.1) is 0 Å². The van der Waals surface area contributed by atoms with Crippen LogP contribution in [0, 0.1) is 0 Å². The first kappa shape index (κ1) is 21.7. The van der Waals surface area contributed by atoms with Gasteiger partial charge in [0.2, 0.25) is 0 Å². The zero-order chi connectivity index (χ0) is 19.2. The van der Waals surface area contributed by atoms with Crippen molar-refractivity contribution in [2.24, 2.45) is 0 Å². The third-order valence-electron chi connectivity index (χ3n) is 5.55. The molecule has 0 aliphatic rings. The second-order valence-corrected chi connectivity index (χ2v) is 7.92. The molecular formula is C25H41N2+. The molecule has 0 spiro atoms. The molecule has 2 aromatic rings. The lowest BCUT2D eigenvalue weighted by Gasteiger charge is -2.06. The van der Waals surface area contributed by atoms with E-state index in [-0.39, 0.29) is 0 Å². The molecule has 0 saturated carbocycles. The Bertz CT molecular complexity index is 600. The lowest BCUT2D eigenvalue weighted by Crippen LogP contribution is -2.37. The first-order valence-corrected chi connectivity index (χ1v) is 11.5. The zero-order valence-corrected chi connectivity index (χ0v) is 17.8. The Morgan fingerprint density at radius 3 is 2.19 bits per heavy atom. The van der Waals surface area contributed by atoms with Gasteiger partial charge in [0, 0.05) is 6.42 Å². The molecule has 0 unspecified atom stereocenters. The molecule has 1 aromatic carbocycles. The van der Waals surface area contributed by atoms with Crippen molar-refractivity contribution in [2.45, 2.75) is 104 Å². The molecule has 0 N–H and O–H groups in total. The van der Waals surface area contributed by atoms with Gasteiger partial charge in [-0.1, -0.05) is 82.7 Å². The number of hydrogen-bond donors (Lipinski definition) is 0. The second kappa shape index (κ2) is 13.6. The quantitative estimate of drug-likeness (QED) is 0.250. The van der Waals surface area contributed by atoms with Gasteiger partial charge in [-0.25, -0.2) is 9.13 Å². The Hall–Kier alpha value is -1.57. The van der Waals surface area contributed by atoms with Crippen LogP contribution in [-0.4, -0.2) is 4.57 Å². The lowest BCUT2D eigenvalue weighted by atomic mass is 10.1. The molecule has 2 nitrogen and oxygen atoms in total. The summed E-state index contributed by atoms with van der Waals surface area (Å²) in [5, 5.41) is 0. The molecular weight excluding hydrogens is 328 g/mol. The molecule has 0 fully saturated rings. The minimum Gasteiger partial charge on any atom is -0.234 e. The van der Waals surface area contributed by atoms with Gasteiger partial charge in [-0.05, 0) is 37.7 Å². The molecule has 27 heavy (non-hydrogen) atoms. The summed E-state index contributed by atoms with van der Waals surface area (Å²) < 4.78 is 5.05. The molecule has 1 aromatic heterocycles. The van der Waals surface area contributed by atoms with Crippen LogP contribution in [0.4, 0.5) is 0 Å². The van der Waals surface area contributed by atoms with E-state index in [1.54, 1.807) is 0 Å². The number of aromatic nitrogens is 2. The van der Waals surface area contributed by atoms with Crippen LogP contribution in [0.2, 0.25) is 0 Å². The van der Waals surface area contributed by atoms with Gasteiger partial charge in [0.25, 0.3) is 5.82 Å². The van der Waals surface area contributed by atoms with Crippen molar-refractivity contribution in [3.05, 3.63) is 54.1 Å². The number of aryl methyl sites for hydroxylation is 3. The van der Waals surface area contributed by atoms with Crippen LogP contribution in [-0.2, 0) is 25.9 Å². The van der Waals surface area contributed by atoms with Crippen LogP contribution in [0.3, 0.4) is 0 Å². The summed E-state index contributed by atoms with van der Waals surface area (Å²) in [5.74, 6) is 1.54. The maximum absolute atomic E-state index is 2.53. The van der Waals surface area contributed by atoms with E-state index in [2.05, 4.69) is 65.7 Å². The van der Waals surface area contributed by atoms with Crippen molar-refractivity contribution in [3.8, 4) is 0 Å². The van der Waals surface area contributed by atoms with Gasteiger partial charge < -0.3 is 0 Å². The van der Waals surface area contributed by atoms with E-state index in [0.717, 1.165) is 6.54 Å². The Morgan fingerprint density at radius 1 is 0.741 bits per heavy atom. The van der Waals surface area contributed by atoms with Gasteiger partial charge in [0.15, 0.2) is 0 Å². The van der Waals surface area contributed by atoms with Crippen molar-refractivity contribution in [3.63, 3.8) is 0 Å². The average Bonchev–Trinajstić information content (AvgIpc) is 3.08. The van der Waals surface area contributed by atoms with Crippen LogP contribution in [0.15, 0.2) is 42.7 Å². The van der Waals surface area contributed by atoms with Gasteiger partial charge in [-0.2, -0.15) is 0 Å². The largest absolute Gasteiger partial charge is 0.256 e. The third kappa shape index (κ3) is 8.32. The van der Waals surface area contributed by atoms with E-state index >= 15 is 0 Å². The molecule has 0 aliphatic heterocycles. The Balaban J connectivity index is 1.80. The smallest absolute Gasteiger partial charge is 0.234 e. The van der Waals surface area contributed by atoms with E-state index in [4.69, 9.17) is 0 Å². The molecule has 2 heteroatoms. The molecule has 0 atom stereocenters. The Labute approximate surface area is 167 Å². The Kier molecular flexibility index (Phi) is 10.9. The summed E-state index contributed by atoms with van der Waals surface area (Å²) >= 11 is 0. The highest BCUT2D eigenvalue weighted by Gasteiger charge is 2.16. The molecule has 0 saturated heterocycles. The average molecular weight is 370 g/mol. The fourth-order valence-corrected chi connectivity index (χ4v) is 3.86. The molecule has 0 radical (unpaired) electrons. The maximum atomic E-state index is 2.53. The summed E-state index contributed by atoms with van der Waals surface area (Å²) in [5.41, 5.74) is 1.45. The standard InChI is InChI=1S/C25H41N2/c1-3-5-7-8-9-10-14-20-26-22-23-27(25(26)19-6-4-2)21-15-18-24-16-12-11-13-17-24/h11-13,16-17,22-23H,3-10,14-15,18-21H2,1-2H3/q+1. The van der Waals surface area contributed by atoms with Crippen LogP contribution in [0.5, 0.6) is 0 Å². The van der Waals surface area contributed by atoms with Crippen molar-refractivity contribution >= 4 is 0 Å². The van der Waals surface area contributed by atoms with Crippen molar-refractivity contribution in [1.29, 1.82) is 0 Å². The topological polar surface area (TPSA) is 8.81 Å². The molecule has 150 valence electrons. The maximum Gasteiger partial charge on any atom is 0.256 e. The van der Waals surface area contributed by atoms with Gasteiger partial charge in [0.1, 0.15) is 12.4 Å². The van der Waals surface area contributed by atoms with Gasteiger partial charge >= 0.3 is 0 Å². The highest BCUT2D eigenvalue weighted by molar-refractivity contribution is 5.14. The van der Waals surface area contributed by atoms with E-state index in [9.17, 15) is 0 Å². The monoisotopic (exact) mass is 369 g/mol. The third-order valence-corrected chi connectivity index (χ3v) is 5.55. The number of unbranched alkanes of at least 4 members (excludes halogenated alkanes) is 7. The number of rotatable bonds is 15. The van der Waals surface area contributed by atoms with Crippen molar-refractivity contribution < 1.29 is 4.57 Å². The summed E-state index contributed by atoms with van der Waals surface area (Å²) in [6.07, 6.45) is 20.5. The van der Waals surface area contributed by atoms with Crippen LogP contribution in [0.25, 0.3) is 0 Å². The molecule has 0 bridgehead atoms. The second-order valence-electron chi connectivity index (χ2n) is 7.92. The van der Waals surface area contributed by atoms with Crippen LogP contribution < -0.4 is 4.57 Å². The first-order valence-electron chi connectivity index (χ1n) is 11.5. The predicted octanol–water partition coefficient (Wildman–Crippen LogP) is 6.50. The predicted molar refractivity (Wildman–Crippen MR) is 116 cm³/mol. The zero-order valence-electron chi connectivity index (χ0n) is 17.8. The Morgan fingerprint density at radius 2 is 1.44 bits per heavy atom. The normalized spacial score (nSPS) is 11.2. The number of hydrogen-bond acceptors (Lipinski definition) is 0. The number of benzene rings is 1. The van der Waals surface area contributed by atoms with Crippen molar-refractivity contribution in [2.75, 3.05) is 0 Å². The number of imidazole rings is 1. The van der Waals surface area contributed by atoms with E-state index in [0.29, 0.717) is 0 Å². The fraction of sp³-hybridized carbons (Fsp3) is 0.640. The summed E-state index contributed by atoms with van der Waals surface area (Å²) in [6.45, 7) is 6.92. The molecule has 0 aliphatic carbocycles. The van der Waals surface area contributed by atoms with Crippen LogP contribution in [0.1, 0.15) is 89.4 Å². The minimum atomic E-state index is 1.14. The first-order chi connectivity index (χ1) is 13.3. The summed E-state index contributed by atoms with van der Waals surface area (Å²) in [4.78, 5) is 0. The molecule has 0 amide bonds. The highest BCUT2D eigenvalue weighted by Crippen LogP contribution is 2.10. The minimum absolute atomic E-state index is 1.14. The SMILES string of the molecule is CCCCCCCCCn1cc[n+](CCCc2ccccc2)c1CCCC. The highest BCUT2D eigenvalue weighted by atomic mass is 15.1. The number of nitrogens with zero attached hydrogens (tertiary/aromatic N) is 2.